The smallest absolute Gasteiger partial charge is 0.0499 e. The molecule has 0 aromatic heterocycles. The molecule has 0 bridgehead atoms. The number of benzene rings is 1. The largest absolute Gasteiger partial charge is 0.326 e. The van der Waals surface area contributed by atoms with Crippen molar-refractivity contribution in [2.75, 3.05) is 6.54 Å². The molecule has 0 amide bonds. The van der Waals surface area contributed by atoms with Gasteiger partial charge in [-0.3, -0.25) is 4.90 Å². The van der Waals surface area contributed by atoms with E-state index >= 15 is 0 Å². The molecule has 0 spiro atoms. The average molecular weight is 232 g/mol. The summed E-state index contributed by atoms with van der Waals surface area (Å²) >= 11 is 0. The summed E-state index contributed by atoms with van der Waals surface area (Å²) in [4.78, 5) is 2.61. The maximum atomic E-state index is 6.22. The van der Waals surface area contributed by atoms with E-state index in [0.29, 0.717) is 12.1 Å². The number of likely N-dealkylation sites (tertiary alicyclic amines) is 1. The van der Waals surface area contributed by atoms with Crippen molar-refractivity contribution in [2.24, 2.45) is 5.73 Å². The average Bonchev–Trinajstić information content (AvgIpc) is 2.78. The maximum Gasteiger partial charge on any atom is 0.0499 e. The van der Waals surface area contributed by atoms with Gasteiger partial charge >= 0.3 is 0 Å². The number of nitrogens with zero attached hydrogens (tertiary/aromatic N) is 1. The van der Waals surface area contributed by atoms with Crippen LogP contribution in [0.2, 0.25) is 0 Å². The van der Waals surface area contributed by atoms with Gasteiger partial charge in [-0.1, -0.05) is 37.3 Å². The van der Waals surface area contributed by atoms with Gasteiger partial charge in [0.2, 0.25) is 0 Å². The Balaban J connectivity index is 2.23. The van der Waals surface area contributed by atoms with Crippen molar-refractivity contribution >= 4 is 0 Å². The molecule has 2 nitrogen and oxygen atoms in total. The quantitative estimate of drug-likeness (QED) is 0.865. The summed E-state index contributed by atoms with van der Waals surface area (Å²) < 4.78 is 0. The van der Waals surface area contributed by atoms with E-state index in [2.05, 4.69) is 49.1 Å². The predicted molar refractivity (Wildman–Crippen MR) is 72.9 cm³/mol. The lowest BCUT2D eigenvalue weighted by Gasteiger charge is -2.35. The van der Waals surface area contributed by atoms with Crippen LogP contribution in [-0.2, 0) is 0 Å². The van der Waals surface area contributed by atoms with Gasteiger partial charge in [-0.15, -0.1) is 0 Å². The summed E-state index contributed by atoms with van der Waals surface area (Å²) in [6.07, 6.45) is 3.87. The second kappa shape index (κ2) is 5.65. The fourth-order valence-corrected chi connectivity index (χ4v) is 3.11. The first-order valence-electron chi connectivity index (χ1n) is 6.80. The normalized spacial score (nSPS) is 24.8. The first kappa shape index (κ1) is 12.6. The molecular weight excluding hydrogens is 208 g/mol. The molecule has 17 heavy (non-hydrogen) atoms. The Hall–Kier alpha value is -0.860. The van der Waals surface area contributed by atoms with Crippen LogP contribution in [-0.4, -0.2) is 23.5 Å². The Bertz CT molecular complexity index is 334. The van der Waals surface area contributed by atoms with Crippen LogP contribution in [0.15, 0.2) is 30.3 Å². The zero-order chi connectivity index (χ0) is 12.3. The third kappa shape index (κ3) is 2.70. The standard InChI is InChI=1S/C15H24N2/c1-3-14-10-7-11-17(14)15(12(2)16)13-8-5-4-6-9-13/h4-6,8-9,12,14-15H,3,7,10-11,16H2,1-2H3. The minimum atomic E-state index is 0.185. The number of hydrogen-bond donors (Lipinski definition) is 1. The monoisotopic (exact) mass is 232 g/mol. The first-order valence-corrected chi connectivity index (χ1v) is 6.80. The minimum absolute atomic E-state index is 0.185. The zero-order valence-electron chi connectivity index (χ0n) is 11.0. The van der Waals surface area contributed by atoms with E-state index in [0.717, 1.165) is 0 Å². The topological polar surface area (TPSA) is 29.3 Å². The molecule has 1 aromatic carbocycles. The van der Waals surface area contributed by atoms with Gasteiger partial charge in [-0.2, -0.15) is 0 Å². The van der Waals surface area contributed by atoms with E-state index in [1.54, 1.807) is 0 Å². The molecule has 2 heteroatoms. The molecular formula is C15H24N2. The van der Waals surface area contributed by atoms with Crippen molar-refractivity contribution in [2.45, 2.75) is 51.2 Å². The van der Waals surface area contributed by atoms with Gasteiger partial charge < -0.3 is 5.73 Å². The summed E-state index contributed by atoms with van der Waals surface area (Å²) in [5, 5.41) is 0. The van der Waals surface area contributed by atoms with Crippen LogP contribution < -0.4 is 5.73 Å². The summed E-state index contributed by atoms with van der Waals surface area (Å²) in [6, 6.07) is 12.0. The molecule has 94 valence electrons. The van der Waals surface area contributed by atoms with Crippen molar-refractivity contribution in [3.63, 3.8) is 0 Å². The fourth-order valence-electron chi connectivity index (χ4n) is 3.11. The first-order chi connectivity index (χ1) is 8.24. The van der Waals surface area contributed by atoms with E-state index in [1.807, 2.05) is 0 Å². The van der Waals surface area contributed by atoms with E-state index in [-0.39, 0.29) is 6.04 Å². The molecule has 1 aliphatic rings. The van der Waals surface area contributed by atoms with Crippen LogP contribution in [0, 0.1) is 0 Å². The highest BCUT2D eigenvalue weighted by Crippen LogP contribution is 2.32. The van der Waals surface area contributed by atoms with Crippen molar-refractivity contribution < 1.29 is 0 Å². The van der Waals surface area contributed by atoms with Crippen molar-refractivity contribution in [3.8, 4) is 0 Å². The Kier molecular flexibility index (Phi) is 4.19. The van der Waals surface area contributed by atoms with Crippen molar-refractivity contribution in [1.82, 2.24) is 4.90 Å². The fraction of sp³-hybridized carbons (Fsp3) is 0.600. The van der Waals surface area contributed by atoms with Gasteiger partial charge in [0.05, 0.1) is 0 Å². The molecule has 0 radical (unpaired) electrons. The van der Waals surface area contributed by atoms with Crippen LogP contribution >= 0.6 is 0 Å². The van der Waals surface area contributed by atoms with E-state index in [1.165, 1.54) is 31.4 Å². The van der Waals surface area contributed by atoms with Crippen LogP contribution in [0.4, 0.5) is 0 Å². The van der Waals surface area contributed by atoms with Crippen molar-refractivity contribution in [1.29, 1.82) is 0 Å². The zero-order valence-corrected chi connectivity index (χ0v) is 11.0. The van der Waals surface area contributed by atoms with Gasteiger partial charge in [0.15, 0.2) is 0 Å². The SMILES string of the molecule is CCC1CCCN1C(c1ccccc1)C(C)N. The Morgan fingerprint density at radius 2 is 2.06 bits per heavy atom. The third-order valence-corrected chi connectivity index (χ3v) is 3.89. The molecule has 1 heterocycles. The predicted octanol–water partition coefficient (Wildman–Crippen LogP) is 2.95. The van der Waals surface area contributed by atoms with E-state index in [4.69, 9.17) is 5.73 Å². The highest BCUT2D eigenvalue weighted by atomic mass is 15.2. The Morgan fingerprint density at radius 1 is 1.35 bits per heavy atom. The van der Waals surface area contributed by atoms with Crippen molar-refractivity contribution in [3.05, 3.63) is 35.9 Å². The molecule has 2 rings (SSSR count). The highest BCUT2D eigenvalue weighted by Gasteiger charge is 2.32. The lowest BCUT2D eigenvalue weighted by atomic mass is 9.98. The second-order valence-electron chi connectivity index (χ2n) is 5.16. The summed E-state index contributed by atoms with van der Waals surface area (Å²) in [5.41, 5.74) is 7.59. The van der Waals surface area contributed by atoms with E-state index < -0.39 is 0 Å². The molecule has 1 fully saturated rings. The maximum absolute atomic E-state index is 6.22. The van der Waals surface area contributed by atoms with Crippen LogP contribution in [0.1, 0.15) is 44.7 Å². The van der Waals surface area contributed by atoms with E-state index in [9.17, 15) is 0 Å². The lowest BCUT2D eigenvalue weighted by molar-refractivity contribution is 0.157. The molecule has 1 saturated heterocycles. The molecule has 0 saturated carbocycles. The Labute approximate surface area is 105 Å². The van der Waals surface area contributed by atoms with Crippen LogP contribution in [0.5, 0.6) is 0 Å². The molecule has 1 aromatic rings. The Morgan fingerprint density at radius 3 is 2.65 bits per heavy atom. The highest BCUT2D eigenvalue weighted by molar-refractivity contribution is 5.21. The van der Waals surface area contributed by atoms with Gasteiger partial charge in [0.1, 0.15) is 0 Å². The third-order valence-electron chi connectivity index (χ3n) is 3.89. The molecule has 2 N–H and O–H groups in total. The molecule has 0 aliphatic carbocycles. The minimum Gasteiger partial charge on any atom is -0.326 e. The number of nitrogens with two attached hydrogens (primary N) is 1. The number of rotatable bonds is 4. The molecule has 3 unspecified atom stereocenters. The lowest BCUT2D eigenvalue weighted by Crippen LogP contribution is -2.41. The molecule has 1 aliphatic heterocycles. The van der Waals surface area contributed by atoms with Gasteiger partial charge in [-0.25, -0.2) is 0 Å². The van der Waals surface area contributed by atoms with Gasteiger partial charge in [-0.05, 0) is 38.3 Å². The number of hydrogen-bond acceptors (Lipinski definition) is 2. The second-order valence-corrected chi connectivity index (χ2v) is 5.16. The van der Waals surface area contributed by atoms with Gasteiger partial charge in [0, 0.05) is 18.1 Å². The molecule has 3 atom stereocenters. The van der Waals surface area contributed by atoms with Crippen LogP contribution in [0.25, 0.3) is 0 Å². The van der Waals surface area contributed by atoms with Gasteiger partial charge in [0.25, 0.3) is 0 Å². The summed E-state index contributed by atoms with van der Waals surface area (Å²) in [6.45, 7) is 5.61. The summed E-state index contributed by atoms with van der Waals surface area (Å²) in [7, 11) is 0. The van der Waals surface area contributed by atoms with Crippen LogP contribution in [0.3, 0.4) is 0 Å². The summed E-state index contributed by atoms with van der Waals surface area (Å²) in [5.74, 6) is 0.